The van der Waals surface area contributed by atoms with Gasteiger partial charge in [-0.05, 0) is 97.1 Å². The summed E-state index contributed by atoms with van der Waals surface area (Å²) in [5, 5.41) is 0. The highest BCUT2D eigenvalue weighted by Gasteiger charge is 2.16. The van der Waals surface area contributed by atoms with Crippen LogP contribution in [0.2, 0.25) is 0 Å². The minimum atomic E-state index is -0.738. The summed E-state index contributed by atoms with van der Waals surface area (Å²) >= 11 is 0. The van der Waals surface area contributed by atoms with Gasteiger partial charge in [-0.2, -0.15) is 0 Å². The molecular formula is C42H36O17. The second-order valence-electron chi connectivity index (χ2n) is 12.0. The zero-order chi connectivity index (χ0) is 42.0. The number of carbonyl (C=O) groups is 8. The molecule has 0 saturated heterocycles. The van der Waals surface area contributed by atoms with Gasteiger partial charge in [0.05, 0.1) is 57.7 Å². The Morgan fingerprint density at radius 1 is 0.203 bits per heavy atom. The fourth-order valence-corrected chi connectivity index (χ4v) is 4.93. The topological polar surface area (TPSA) is 220 Å². The molecule has 0 unspecified atom stereocenters. The predicted octanol–water partition coefficient (Wildman–Crippen LogP) is 4.07. The van der Waals surface area contributed by atoms with Gasteiger partial charge in [0, 0.05) is 0 Å². The zero-order valence-corrected chi connectivity index (χ0v) is 31.2. The average molecular weight is 813 g/mol. The summed E-state index contributed by atoms with van der Waals surface area (Å²) < 4.78 is 46.5. The van der Waals surface area contributed by atoms with E-state index in [9.17, 15) is 38.4 Å². The molecule has 0 fully saturated rings. The van der Waals surface area contributed by atoms with Crippen molar-refractivity contribution in [1.29, 1.82) is 0 Å². The minimum Gasteiger partial charge on any atom is -0.460 e. The van der Waals surface area contributed by atoms with Crippen molar-refractivity contribution in [2.45, 2.75) is 0 Å². The highest BCUT2D eigenvalue weighted by Crippen LogP contribution is 2.12. The van der Waals surface area contributed by atoms with E-state index in [1.54, 1.807) is 0 Å². The molecule has 0 radical (unpaired) electrons. The maximum atomic E-state index is 12.4. The lowest BCUT2D eigenvalue weighted by Crippen LogP contribution is -2.16. The Morgan fingerprint density at radius 3 is 0.458 bits per heavy atom. The van der Waals surface area contributed by atoms with E-state index < -0.39 is 47.8 Å². The monoisotopic (exact) mass is 812 g/mol. The summed E-state index contributed by atoms with van der Waals surface area (Å²) in [7, 11) is 0. The van der Waals surface area contributed by atoms with Crippen LogP contribution in [0.5, 0.6) is 0 Å². The molecule has 0 aliphatic carbocycles. The van der Waals surface area contributed by atoms with E-state index in [4.69, 9.17) is 42.6 Å². The van der Waals surface area contributed by atoms with E-state index in [0.29, 0.717) is 0 Å². The van der Waals surface area contributed by atoms with Gasteiger partial charge in [-0.25, -0.2) is 38.4 Å². The van der Waals surface area contributed by atoms with Crippen molar-refractivity contribution in [3.05, 3.63) is 142 Å². The maximum Gasteiger partial charge on any atom is 0.338 e. The van der Waals surface area contributed by atoms with Crippen LogP contribution in [0, 0.1) is 0 Å². The first-order valence-electron chi connectivity index (χ1n) is 17.9. The smallest absolute Gasteiger partial charge is 0.338 e. The molecule has 17 nitrogen and oxygen atoms in total. The van der Waals surface area contributed by atoms with Crippen LogP contribution < -0.4 is 0 Å². The highest BCUT2D eigenvalue weighted by atomic mass is 16.6. The third-order valence-electron chi connectivity index (χ3n) is 8.00. The van der Waals surface area contributed by atoms with Crippen LogP contribution in [0.15, 0.2) is 97.1 Å². The molecule has 0 atom stereocenters. The SMILES string of the molecule is O=C1OCCOCCOC(=O)c2ccc(cc2)C(=O)OCCOC(=O)c2ccc(cc2)C(=O)OCCOC(=O)c2ccc(cc2)C(=O)OCCOC(=O)c2ccc1cc2. The Morgan fingerprint density at radius 2 is 0.322 bits per heavy atom. The van der Waals surface area contributed by atoms with Crippen LogP contribution in [-0.2, 0) is 42.6 Å². The molecule has 7 aliphatic heterocycles. The second kappa shape index (κ2) is 21.8. The quantitative estimate of drug-likeness (QED) is 0.180. The number of hydrogen-bond donors (Lipinski definition) is 0. The molecule has 0 N–H and O–H groups in total. The molecular weight excluding hydrogens is 776 g/mol. The highest BCUT2D eigenvalue weighted by molar-refractivity contribution is 5.96. The lowest BCUT2D eigenvalue weighted by atomic mass is 10.1. The number of carbonyl (C=O) groups excluding carboxylic acids is 8. The Kier molecular flexibility index (Phi) is 15.8. The van der Waals surface area contributed by atoms with Crippen molar-refractivity contribution in [3.63, 3.8) is 0 Å². The molecule has 4 aromatic carbocycles. The summed E-state index contributed by atoms with van der Waals surface area (Å²) in [6, 6.07) is 21.7. The van der Waals surface area contributed by atoms with Crippen LogP contribution in [0.1, 0.15) is 82.9 Å². The normalized spacial score (nSPS) is 16.4. The molecule has 7 aliphatic rings. The Hall–Kier alpha value is -7.40. The van der Waals surface area contributed by atoms with E-state index in [1.165, 1.54) is 97.1 Å². The summed E-state index contributed by atoms with van der Waals surface area (Å²) in [5.41, 5.74) is 1.08. The maximum absolute atomic E-state index is 12.4. The van der Waals surface area contributed by atoms with E-state index in [2.05, 4.69) is 0 Å². The fourth-order valence-electron chi connectivity index (χ4n) is 4.93. The standard InChI is InChI=1S/C42H36O17/c43-35-27-1-5-29(6-2-27)37(45)54-21-23-56-39(47)31-9-13-33(14-10-31)41(49)58-25-26-59-42(50)34-15-11-32(12-16-34)40(48)57-24-22-55-38(46)30-7-3-28(4-8-30)36(44)53-20-18-51-17-19-52-35/h1-16H,17-26H2. The fraction of sp³-hybridized carbons (Fsp3) is 0.238. The zero-order valence-electron chi connectivity index (χ0n) is 31.2. The molecule has 7 heterocycles. The molecule has 59 heavy (non-hydrogen) atoms. The van der Waals surface area contributed by atoms with Gasteiger partial charge in [-0.1, -0.05) is 0 Å². The first-order chi connectivity index (χ1) is 28.6. The molecule has 0 saturated carbocycles. The predicted molar refractivity (Wildman–Crippen MR) is 199 cm³/mol. The lowest BCUT2D eigenvalue weighted by Gasteiger charge is -2.09. The minimum absolute atomic E-state index is 0.0132. The van der Waals surface area contributed by atoms with Gasteiger partial charge in [0.2, 0.25) is 0 Å². The number of ether oxygens (including phenoxy) is 9. The van der Waals surface area contributed by atoms with Crippen molar-refractivity contribution < 1.29 is 81.0 Å². The van der Waals surface area contributed by atoms with Crippen molar-refractivity contribution in [3.8, 4) is 0 Å². The summed E-state index contributed by atoms with van der Waals surface area (Å²) in [6.45, 7) is -1.74. The van der Waals surface area contributed by atoms with E-state index in [0.717, 1.165) is 0 Å². The van der Waals surface area contributed by atoms with Gasteiger partial charge >= 0.3 is 47.8 Å². The average Bonchev–Trinajstić information content (AvgIpc) is 3.27. The summed E-state index contributed by atoms with van der Waals surface area (Å²) in [6.07, 6.45) is 0. The number of benzene rings is 4. The van der Waals surface area contributed by atoms with Crippen molar-refractivity contribution in [2.75, 3.05) is 66.1 Å². The molecule has 17 heteroatoms. The van der Waals surface area contributed by atoms with Gasteiger partial charge < -0.3 is 42.6 Å². The summed E-state index contributed by atoms with van der Waals surface area (Å²) in [5.74, 6) is -5.71. The Balaban J connectivity index is 1.14. The first kappa shape index (κ1) is 42.7. The summed E-state index contributed by atoms with van der Waals surface area (Å²) in [4.78, 5) is 99.3. The van der Waals surface area contributed by atoms with Gasteiger partial charge in [0.15, 0.2) is 0 Å². The van der Waals surface area contributed by atoms with Gasteiger partial charge in [0.25, 0.3) is 0 Å². The molecule has 0 amide bonds. The van der Waals surface area contributed by atoms with Gasteiger partial charge in [0.1, 0.15) is 52.9 Å². The molecule has 306 valence electrons. The molecule has 0 aromatic heterocycles. The third kappa shape index (κ3) is 13.1. The lowest BCUT2D eigenvalue weighted by molar-refractivity contribution is 0.0150. The van der Waals surface area contributed by atoms with E-state index in [-0.39, 0.29) is 111 Å². The van der Waals surface area contributed by atoms with Gasteiger partial charge in [-0.3, -0.25) is 0 Å². The third-order valence-corrected chi connectivity index (χ3v) is 8.00. The van der Waals surface area contributed by atoms with Crippen molar-refractivity contribution in [1.82, 2.24) is 0 Å². The van der Waals surface area contributed by atoms with E-state index >= 15 is 0 Å². The van der Waals surface area contributed by atoms with Crippen molar-refractivity contribution >= 4 is 47.8 Å². The molecule has 4 aromatic rings. The van der Waals surface area contributed by atoms with Crippen LogP contribution in [0.4, 0.5) is 0 Å². The first-order valence-corrected chi connectivity index (χ1v) is 17.9. The Bertz CT molecular complexity index is 1970. The Labute approximate surface area is 335 Å². The number of hydrogen-bond acceptors (Lipinski definition) is 17. The van der Waals surface area contributed by atoms with Gasteiger partial charge in [-0.15, -0.1) is 0 Å². The molecule has 0 spiro atoms. The number of esters is 8. The van der Waals surface area contributed by atoms with Crippen LogP contribution in [-0.4, -0.2) is 114 Å². The second-order valence-corrected chi connectivity index (χ2v) is 12.0. The molecule has 8 bridgehead atoms. The largest absolute Gasteiger partial charge is 0.460 e. The van der Waals surface area contributed by atoms with Crippen LogP contribution in [0.3, 0.4) is 0 Å². The van der Waals surface area contributed by atoms with Crippen LogP contribution >= 0.6 is 0 Å². The van der Waals surface area contributed by atoms with Crippen molar-refractivity contribution in [2.24, 2.45) is 0 Å². The van der Waals surface area contributed by atoms with E-state index in [1.807, 2.05) is 0 Å². The molecule has 11 rings (SSSR count). The number of rotatable bonds is 0. The van der Waals surface area contributed by atoms with Crippen LogP contribution in [0.25, 0.3) is 0 Å².